The van der Waals surface area contributed by atoms with Crippen molar-refractivity contribution in [1.29, 1.82) is 0 Å². The lowest BCUT2D eigenvalue weighted by Crippen LogP contribution is -2.32. The third kappa shape index (κ3) is 3.74. The van der Waals surface area contributed by atoms with Crippen LogP contribution in [0.5, 0.6) is 0 Å². The summed E-state index contributed by atoms with van der Waals surface area (Å²) in [5.41, 5.74) is 4.97. The number of nitrogens with one attached hydrogen (secondary N) is 2. The van der Waals surface area contributed by atoms with Gasteiger partial charge in [-0.25, -0.2) is 0 Å². The minimum Gasteiger partial charge on any atom is -0.370 e. The summed E-state index contributed by atoms with van der Waals surface area (Å²) in [5.74, 6) is -0.134. The van der Waals surface area contributed by atoms with Crippen molar-refractivity contribution in [2.24, 2.45) is 11.7 Å². The maximum Gasteiger partial charge on any atom is 0.224 e. The van der Waals surface area contributed by atoms with E-state index < -0.39 is 0 Å². The lowest BCUT2D eigenvalue weighted by molar-refractivity contribution is -0.124. The monoisotopic (exact) mass is 199 g/mol. The molecule has 1 saturated heterocycles. The van der Waals surface area contributed by atoms with Gasteiger partial charge in [-0.3, -0.25) is 9.59 Å². The van der Waals surface area contributed by atoms with Gasteiger partial charge in [-0.15, -0.1) is 0 Å². The molecule has 0 radical (unpaired) electrons. The molecule has 0 spiro atoms. The van der Waals surface area contributed by atoms with Crippen LogP contribution in [0.2, 0.25) is 0 Å². The number of amides is 2. The summed E-state index contributed by atoms with van der Waals surface area (Å²) in [6.45, 7) is 2.22. The molecule has 0 aromatic heterocycles. The van der Waals surface area contributed by atoms with Gasteiger partial charge in [0.15, 0.2) is 0 Å². The van der Waals surface area contributed by atoms with Gasteiger partial charge in [0.1, 0.15) is 0 Å². The zero-order chi connectivity index (χ0) is 10.4. The molecule has 0 saturated carbocycles. The van der Waals surface area contributed by atoms with Gasteiger partial charge < -0.3 is 16.4 Å². The van der Waals surface area contributed by atoms with Gasteiger partial charge in [-0.2, -0.15) is 0 Å². The van der Waals surface area contributed by atoms with Crippen LogP contribution in [0.3, 0.4) is 0 Å². The first-order valence-electron chi connectivity index (χ1n) is 4.97. The molecule has 1 rings (SSSR count). The van der Waals surface area contributed by atoms with E-state index in [0.717, 1.165) is 19.5 Å². The molecule has 5 heteroatoms. The summed E-state index contributed by atoms with van der Waals surface area (Å²) >= 11 is 0. The fraction of sp³-hybridized carbons (Fsp3) is 0.778. The Labute approximate surface area is 83.4 Å². The average Bonchev–Trinajstić information content (AvgIpc) is 2.64. The van der Waals surface area contributed by atoms with Gasteiger partial charge in [0.25, 0.3) is 0 Å². The van der Waals surface area contributed by atoms with Gasteiger partial charge in [0.2, 0.25) is 11.8 Å². The molecule has 1 atom stereocenters. The number of rotatable bonds is 5. The van der Waals surface area contributed by atoms with Crippen molar-refractivity contribution in [3.63, 3.8) is 0 Å². The van der Waals surface area contributed by atoms with Crippen LogP contribution in [-0.2, 0) is 9.59 Å². The van der Waals surface area contributed by atoms with Gasteiger partial charge in [0, 0.05) is 19.5 Å². The minimum atomic E-state index is -0.318. The van der Waals surface area contributed by atoms with Gasteiger partial charge >= 0.3 is 0 Å². The Morgan fingerprint density at radius 1 is 1.50 bits per heavy atom. The molecule has 0 aromatic carbocycles. The molecule has 1 aliphatic rings. The van der Waals surface area contributed by atoms with E-state index in [1.165, 1.54) is 0 Å². The fourth-order valence-corrected chi connectivity index (χ4v) is 1.50. The van der Waals surface area contributed by atoms with Crippen molar-refractivity contribution in [1.82, 2.24) is 10.6 Å². The third-order valence-corrected chi connectivity index (χ3v) is 2.33. The molecule has 80 valence electrons. The molecule has 1 aliphatic heterocycles. The van der Waals surface area contributed by atoms with E-state index in [1.54, 1.807) is 0 Å². The van der Waals surface area contributed by atoms with Gasteiger partial charge in [0.05, 0.1) is 5.92 Å². The Kier molecular flexibility index (Phi) is 4.39. The number of carbonyl (C=O) groups excluding carboxylic acids is 2. The van der Waals surface area contributed by atoms with Crippen molar-refractivity contribution in [2.45, 2.75) is 19.3 Å². The van der Waals surface area contributed by atoms with Crippen molar-refractivity contribution in [3.05, 3.63) is 0 Å². The zero-order valence-electron chi connectivity index (χ0n) is 8.21. The Morgan fingerprint density at radius 2 is 2.29 bits per heavy atom. The molecule has 5 nitrogen and oxygen atoms in total. The summed E-state index contributed by atoms with van der Waals surface area (Å²) in [5, 5.41) is 5.92. The Hall–Kier alpha value is -1.10. The van der Waals surface area contributed by atoms with E-state index in [4.69, 9.17) is 5.73 Å². The fourth-order valence-electron chi connectivity index (χ4n) is 1.50. The molecule has 1 heterocycles. The van der Waals surface area contributed by atoms with E-state index in [2.05, 4.69) is 10.6 Å². The maximum absolute atomic E-state index is 11.4. The van der Waals surface area contributed by atoms with Crippen LogP contribution < -0.4 is 16.4 Å². The van der Waals surface area contributed by atoms with E-state index in [9.17, 15) is 9.59 Å². The largest absolute Gasteiger partial charge is 0.370 e. The SMILES string of the molecule is NC(=O)CCCNC(=O)C1CCNC1. The Balaban J connectivity index is 2.05. The average molecular weight is 199 g/mol. The number of nitrogens with two attached hydrogens (primary N) is 1. The molecule has 2 amide bonds. The smallest absolute Gasteiger partial charge is 0.224 e. The predicted octanol–water partition coefficient (Wildman–Crippen LogP) is -1.02. The maximum atomic E-state index is 11.4. The van der Waals surface area contributed by atoms with Crippen LogP contribution in [0, 0.1) is 5.92 Å². The number of hydrogen-bond donors (Lipinski definition) is 3. The van der Waals surface area contributed by atoms with E-state index in [1.807, 2.05) is 0 Å². The number of hydrogen-bond acceptors (Lipinski definition) is 3. The van der Waals surface area contributed by atoms with E-state index in [0.29, 0.717) is 19.4 Å². The Bertz CT molecular complexity index is 212. The van der Waals surface area contributed by atoms with Crippen molar-refractivity contribution in [2.75, 3.05) is 19.6 Å². The molecule has 1 fully saturated rings. The Morgan fingerprint density at radius 3 is 2.86 bits per heavy atom. The zero-order valence-corrected chi connectivity index (χ0v) is 8.21. The summed E-state index contributed by atoms with van der Waals surface area (Å²) in [6, 6.07) is 0. The molecule has 14 heavy (non-hydrogen) atoms. The highest BCUT2D eigenvalue weighted by molar-refractivity contribution is 5.79. The van der Waals surface area contributed by atoms with Crippen LogP contribution >= 0.6 is 0 Å². The van der Waals surface area contributed by atoms with Crippen LogP contribution in [0.1, 0.15) is 19.3 Å². The number of carbonyl (C=O) groups is 2. The van der Waals surface area contributed by atoms with Crippen LogP contribution in [0.25, 0.3) is 0 Å². The molecule has 0 bridgehead atoms. The van der Waals surface area contributed by atoms with Crippen LogP contribution in [0.15, 0.2) is 0 Å². The number of primary amides is 1. The second kappa shape index (κ2) is 5.59. The summed E-state index contributed by atoms with van der Waals surface area (Å²) in [4.78, 5) is 21.8. The minimum absolute atomic E-state index is 0.0828. The second-order valence-corrected chi connectivity index (χ2v) is 3.55. The van der Waals surface area contributed by atoms with E-state index >= 15 is 0 Å². The highest BCUT2D eigenvalue weighted by atomic mass is 16.2. The summed E-state index contributed by atoms with van der Waals surface area (Å²) in [6.07, 6.45) is 1.87. The normalized spacial score (nSPS) is 20.7. The second-order valence-electron chi connectivity index (χ2n) is 3.55. The first kappa shape index (κ1) is 11.0. The highest BCUT2D eigenvalue weighted by Crippen LogP contribution is 2.06. The predicted molar refractivity (Wildman–Crippen MR) is 52.4 cm³/mol. The first-order valence-corrected chi connectivity index (χ1v) is 4.97. The van der Waals surface area contributed by atoms with Crippen LogP contribution in [0.4, 0.5) is 0 Å². The highest BCUT2D eigenvalue weighted by Gasteiger charge is 2.21. The molecular formula is C9H17N3O2. The molecular weight excluding hydrogens is 182 g/mol. The summed E-state index contributed by atoms with van der Waals surface area (Å²) < 4.78 is 0. The topological polar surface area (TPSA) is 84.2 Å². The lowest BCUT2D eigenvalue weighted by Gasteiger charge is -2.08. The van der Waals surface area contributed by atoms with Crippen LogP contribution in [-0.4, -0.2) is 31.4 Å². The quantitative estimate of drug-likeness (QED) is 0.495. The molecule has 4 N–H and O–H groups in total. The molecule has 1 unspecified atom stereocenters. The standard InChI is InChI=1S/C9H17N3O2/c10-8(13)2-1-4-12-9(14)7-3-5-11-6-7/h7,11H,1-6H2,(H2,10,13)(H,12,14). The van der Waals surface area contributed by atoms with Gasteiger partial charge in [-0.1, -0.05) is 0 Å². The van der Waals surface area contributed by atoms with Crippen molar-refractivity contribution < 1.29 is 9.59 Å². The third-order valence-electron chi connectivity index (χ3n) is 2.33. The van der Waals surface area contributed by atoms with Crippen molar-refractivity contribution >= 4 is 11.8 Å². The summed E-state index contributed by atoms with van der Waals surface area (Å²) in [7, 11) is 0. The van der Waals surface area contributed by atoms with Gasteiger partial charge in [-0.05, 0) is 19.4 Å². The molecule has 0 aromatic rings. The van der Waals surface area contributed by atoms with Crippen molar-refractivity contribution in [3.8, 4) is 0 Å². The molecule has 0 aliphatic carbocycles. The van der Waals surface area contributed by atoms with E-state index in [-0.39, 0.29) is 17.7 Å². The first-order chi connectivity index (χ1) is 6.70. The lowest BCUT2D eigenvalue weighted by atomic mass is 10.1.